The molecular formula is H3InO3. The molecule has 0 saturated heterocycles. The van der Waals surface area contributed by atoms with Crippen molar-refractivity contribution >= 4 is 24.4 Å². The molecule has 24 valence electrons. The second-order valence-corrected chi connectivity index (χ2v) is 0. The summed E-state index contributed by atoms with van der Waals surface area (Å²) >= 11 is -0.1000. The van der Waals surface area contributed by atoms with Gasteiger partial charge >= 0.3 is 27.2 Å². The Hall–Kier alpha value is 0.590. The first-order valence-electron chi connectivity index (χ1n) is 0.489. The molecular weight excluding hydrogens is 163 g/mol. The van der Waals surface area contributed by atoms with E-state index >= 15 is 0 Å². The third-order valence-electron chi connectivity index (χ3n) is 0. The summed E-state index contributed by atoms with van der Waals surface area (Å²) in [6, 6.07) is 0. The summed E-state index contributed by atoms with van der Waals surface area (Å²) in [4.78, 5) is 0. The van der Waals surface area contributed by atoms with Gasteiger partial charge in [-0.3, -0.25) is 10.5 Å². The Labute approximate surface area is 38.2 Å². The van der Waals surface area contributed by atoms with Gasteiger partial charge in [-0.1, -0.05) is 0 Å². The Morgan fingerprint density at radius 1 is 1.25 bits per heavy atom. The number of hydrogen-bond acceptors (Lipinski definition) is 3. The summed E-state index contributed by atoms with van der Waals surface area (Å²) < 4.78 is 8.42. The maximum absolute atomic E-state index is 8.42. The molecule has 0 amide bonds. The van der Waals surface area contributed by atoms with Crippen molar-refractivity contribution in [2.75, 3.05) is 0 Å². The molecule has 0 aliphatic rings. The van der Waals surface area contributed by atoms with Crippen LogP contribution in [-0.4, -0.2) is 34.9 Å². The van der Waals surface area contributed by atoms with Gasteiger partial charge in [0.25, 0.3) is 0 Å². The summed E-state index contributed by atoms with van der Waals surface area (Å²) in [7, 11) is 0. The first-order valence-corrected chi connectivity index (χ1v) is 2.14. The van der Waals surface area contributed by atoms with E-state index in [1.807, 2.05) is 0 Å². The maximum atomic E-state index is 8.42. The van der Waals surface area contributed by atoms with Gasteiger partial charge in [0.1, 0.15) is 0 Å². The fourth-order valence-corrected chi connectivity index (χ4v) is 0. The van der Waals surface area contributed by atoms with Gasteiger partial charge in [-0.05, 0) is 0 Å². The average molecular weight is 166 g/mol. The number of rotatable bonds is 0. The standard InChI is InChI=1S/In.H2O2.O.H/c;1-2;;/h;1-2H;;. The van der Waals surface area contributed by atoms with E-state index in [0.717, 1.165) is 0 Å². The second-order valence-electron chi connectivity index (χ2n) is 0. The molecule has 0 radical (unpaired) electrons. The zero-order valence-electron chi connectivity index (χ0n) is 2.01. The van der Waals surface area contributed by atoms with Crippen LogP contribution in [0.5, 0.6) is 0 Å². The van der Waals surface area contributed by atoms with Crippen LogP contribution in [0.3, 0.4) is 0 Å². The molecule has 4 heavy (non-hydrogen) atoms. The van der Waals surface area contributed by atoms with Crippen LogP contribution in [0.4, 0.5) is 0 Å². The van der Waals surface area contributed by atoms with Crippen molar-refractivity contribution in [2.24, 2.45) is 0 Å². The van der Waals surface area contributed by atoms with E-state index < -0.39 is 0 Å². The Kier molecular flexibility index (Phi) is 152. The summed E-state index contributed by atoms with van der Waals surface area (Å²) in [6.45, 7) is 0. The monoisotopic (exact) mass is 166 g/mol. The third kappa shape index (κ3) is 18.8. The van der Waals surface area contributed by atoms with Gasteiger partial charge in [-0.25, -0.2) is 0 Å². The quantitative estimate of drug-likeness (QED) is 0.367. The molecule has 2 N–H and O–H groups in total. The van der Waals surface area contributed by atoms with Gasteiger partial charge < -0.3 is 0 Å². The minimum atomic E-state index is -0.1000. The molecule has 0 saturated carbocycles. The van der Waals surface area contributed by atoms with Crippen LogP contribution in [0.15, 0.2) is 0 Å². The van der Waals surface area contributed by atoms with Gasteiger partial charge in [-0.2, -0.15) is 0 Å². The predicted octanol–water partition coefficient (Wildman–Crippen LogP) is -0.750. The Morgan fingerprint density at radius 3 is 1.25 bits per heavy atom. The third-order valence-corrected chi connectivity index (χ3v) is 0. The van der Waals surface area contributed by atoms with Crippen LogP contribution in [0, 0.1) is 0 Å². The van der Waals surface area contributed by atoms with Crippen LogP contribution in [0.2, 0.25) is 0 Å². The van der Waals surface area contributed by atoms with Crippen LogP contribution >= 0.6 is 0 Å². The molecule has 3 nitrogen and oxygen atoms in total. The molecule has 0 heterocycles. The molecule has 0 aromatic heterocycles. The van der Waals surface area contributed by atoms with E-state index in [9.17, 15) is 0 Å². The van der Waals surface area contributed by atoms with Gasteiger partial charge in [-0.15, -0.1) is 0 Å². The summed E-state index contributed by atoms with van der Waals surface area (Å²) in [5.74, 6) is 0. The zero-order valence-corrected chi connectivity index (χ0v) is 6.05. The second kappa shape index (κ2) is 69.2. The Balaban J connectivity index is 0. The van der Waals surface area contributed by atoms with E-state index in [-0.39, 0.29) is 24.4 Å². The Morgan fingerprint density at radius 2 is 1.25 bits per heavy atom. The predicted molar refractivity (Wildman–Crippen MR) is 13.1 cm³/mol. The molecule has 0 aromatic rings. The topological polar surface area (TPSA) is 57.5 Å². The first kappa shape index (κ1) is 8.82. The fraction of sp³-hybridized carbons (Fsp3) is 0. The van der Waals surface area contributed by atoms with E-state index in [1.165, 1.54) is 0 Å². The van der Waals surface area contributed by atoms with Crippen molar-refractivity contribution in [2.45, 2.75) is 0 Å². The van der Waals surface area contributed by atoms with E-state index in [1.54, 1.807) is 0 Å². The van der Waals surface area contributed by atoms with Crippen molar-refractivity contribution in [1.82, 2.24) is 0 Å². The van der Waals surface area contributed by atoms with Crippen LogP contribution in [-0.2, 0) is 2.85 Å². The summed E-state index contributed by atoms with van der Waals surface area (Å²) in [5, 5.41) is 12.0. The van der Waals surface area contributed by atoms with Crippen molar-refractivity contribution in [3.05, 3.63) is 0 Å². The van der Waals surface area contributed by atoms with Crippen LogP contribution in [0.1, 0.15) is 0 Å². The molecule has 0 bridgehead atoms. The van der Waals surface area contributed by atoms with Gasteiger partial charge in [0.05, 0.1) is 0 Å². The molecule has 0 fully saturated rings. The van der Waals surface area contributed by atoms with Crippen molar-refractivity contribution in [1.29, 1.82) is 0 Å². The van der Waals surface area contributed by atoms with E-state index in [0.29, 0.717) is 0 Å². The van der Waals surface area contributed by atoms with Crippen LogP contribution < -0.4 is 0 Å². The fourth-order valence-electron chi connectivity index (χ4n) is 0. The summed E-state index contributed by atoms with van der Waals surface area (Å²) in [6.07, 6.45) is 0. The normalized spacial score (nSPS) is 2.25. The molecule has 0 atom stereocenters. The Bertz CT molecular complexity index is 3.25. The van der Waals surface area contributed by atoms with Gasteiger partial charge in [0.2, 0.25) is 0 Å². The first-order chi connectivity index (χ1) is 2.00. The van der Waals surface area contributed by atoms with Crippen molar-refractivity contribution in [3.8, 4) is 0 Å². The van der Waals surface area contributed by atoms with Gasteiger partial charge in [0.15, 0.2) is 0 Å². The molecule has 0 aliphatic carbocycles. The number of hydrogen-bond donors (Lipinski definition) is 2. The van der Waals surface area contributed by atoms with Gasteiger partial charge in [0, 0.05) is 0 Å². The van der Waals surface area contributed by atoms with E-state index in [2.05, 4.69) is 0 Å². The molecule has 0 rings (SSSR count). The minimum absolute atomic E-state index is 0.1000. The van der Waals surface area contributed by atoms with Crippen molar-refractivity contribution in [3.63, 3.8) is 0 Å². The molecule has 0 aliphatic heterocycles. The van der Waals surface area contributed by atoms with E-state index in [4.69, 9.17) is 13.4 Å². The molecule has 0 spiro atoms. The summed E-state index contributed by atoms with van der Waals surface area (Å²) in [5.41, 5.74) is 0. The zero-order chi connectivity index (χ0) is 4.00. The average Bonchev–Trinajstić information content (AvgIpc) is 1.50. The molecule has 4 heteroatoms. The SMILES string of the molecule is OO.[O]=[InH]. The molecule has 0 unspecified atom stereocenters. The molecule has 0 aromatic carbocycles. The van der Waals surface area contributed by atoms with Crippen molar-refractivity contribution < 1.29 is 13.4 Å². The van der Waals surface area contributed by atoms with Crippen LogP contribution in [0.25, 0.3) is 0 Å².